The maximum absolute atomic E-state index is 12.7. The van der Waals surface area contributed by atoms with Crippen LogP contribution < -0.4 is 0 Å². The van der Waals surface area contributed by atoms with Crippen LogP contribution in [0.2, 0.25) is 0 Å². The lowest BCUT2D eigenvalue weighted by Crippen LogP contribution is -1.99. The molecular weight excluding hydrogens is 397 g/mol. The first-order valence-electron chi connectivity index (χ1n) is 2.81. The number of alkyl halides is 2. The van der Waals surface area contributed by atoms with Gasteiger partial charge in [-0.05, 0) is 45.2 Å². The van der Waals surface area contributed by atoms with Crippen molar-refractivity contribution < 1.29 is 13.2 Å². The van der Waals surface area contributed by atoms with Crippen LogP contribution in [0.15, 0.2) is 6.20 Å². The largest absolute Gasteiger partial charge is 0.281 e. The van der Waals surface area contributed by atoms with Crippen molar-refractivity contribution >= 4 is 45.2 Å². The fourth-order valence-electron chi connectivity index (χ4n) is 0.609. The molecule has 0 aliphatic heterocycles. The molecule has 1 aromatic rings. The highest BCUT2D eigenvalue weighted by atomic mass is 127. The van der Waals surface area contributed by atoms with Crippen LogP contribution in [0.4, 0.5) is 13.2 Å². The molecule has 0 N–H and O–H groups in total. The van der Waals surface area contributed by atoms with Crippen molar-refractivity contribution in [3.8, 4) is 0 Å². The molecular formula is C6H2F3I2N. The van der Waals surface area contributed by atoms with Gasteiger partial charge >= 0.3 is 0 Å². The second-order valence-corrected chi connectivity index (χ2v) is 4.08. The van der Waals surface area contributed by atoms with E-state index in [1.54, 1.807) is 45.2 Å². The van der Waals surface area contributed by atoms with E-state index in [0.717, 1.165) is 6.20 Å². The second-order valence-electron chi connectivity index (χ2n) is 1.92. The molecule has 0 saturated heterocycles. The molecule has 0 aliphatic rings. The van der Waals surface area contributed by atoms with Crippen LogP contribution in [0.1, 0.15) is 12.1 Å². The van der Waals surface area contributed by atoms with E-state index in [-0.39, 0.29) is 12.8 Å². The normalized spacial score (nSPS) is 10.8. The molecule has 1 aromatic heterocycles. The van der Waals surface area contributed by atoms with Crippen molar-refractivity contribution in [1.29, 1.82) is 0 Å². The van der Waals surface area contributed by atoms with Gasteiger partial charge in [-0.2, -0.15) is 0 Å². The van der Waals surface area contributed by atoms with Crippen molar-refractivity contribution in [3.63, 3.8) is 0 Å². The number of halogens is 5. The molecule has 0 spiro atoms. The highest BCUT2D eigenvalue weighted by Crippen LogP contribution is 2.26. The summed E-state index contributed by atoms with van der Waals surface area (Å²) in [4.78, 5) is 3.30. The quantitative estimate of drug-likeness (QED) is 0.661. The maximum atomic E-state index is 12.7. The minimum Gasteiger partial charge on any atom is -0.251 e. The Hall–Kier alpha value is 0.400. The molecule has 6 heteroatoms. The summed E-state index contributed by atoms with van der Waals surface area (Å²) in [5.74, 6) is -0.565. The van der Waals surface area contributed by atoms with Crippen molar-refractivity contribution in [3.05, 3.63) is 24.8 Å². The smallest absolute Gasteiger partial charge is 0.251 e. The summed E-state index contributed by atoms with van der Waals surface area (Å²) >= 11 is 3.33. The summed E-state index contributed by atoms with van der Waals surface area (Å²) in [7, 11) is 0. The van der Waals surface area contributed by atoms with Gasteiger partial charge in [-0.15, -0.1) is 0 Å². The number of hydrogen-bond donors (Lipinski definition) is 0. The van der Waals surface area contributed by atoms with Crippen LogP contribution in [-0.4, -0.2) is 4.98 Å². The van der Waals surface area contributed by atoms with E-state index in [1.165, 1.54) is 0 Å². The van der Waals surface area contributed by atoms with Gasteiger partial charge in [0.2, 0.25) is 0 Å². The lowest BCUT2D eigenvalue weighted by Gasteiger charge is -2.03. The van der Waals surface area contributed by atoms with Crippen LogP contribution in [-0.2, 0) is 0 Å². The van der Waals surface area contributed by atoms with Crippen LogP contribution in [0.5, 0.6) is 0 Å². The van der Waals surface area contributed by atoms with E-state index in [0.29, 0.717) is 0 Å². The number of rotatable bonds is 1. The molecule has 1 nitrogen and oxygen atoms in total. The number of aromatic nitrogens is 1. The van der Waals surface area contributed by atoms with Gasteiger partial charge in [0.15, 0.2) is 5.82 Å². The third-order valence-electron chi connectivity index (χ3n) is 1.15. The van der Waals surface area contributed by atoms with E-state index in [1.807, 2.05) is 0 Å². The number of pyridine rings is 1. The molecule has 0 aromatic carbocycles. The van der Waals surface area contributed by atoms with Gasteiger partial charge in [0.25, 0.3) is 6.43 Å². The predicted octanol–water partition coefficient (Wildman–Crippen LogP) is 3.37. The second kappa shape index (κ2) is 4.07. The minimum atomic E-state index is -2.65. The zero-order valence-electron chi connectivity index (χ0n) is 5.49. The summed E-state index contributed by atoms with van der Waals surface area (Å²) in [5.41, 5.74) is -0.360. The van der Waals surface area contributed by atoms with Crippen LogP contribution in [0, 0.1) is 13.0 Å². The predicted molar refractivity (Wildman–Crippen MR) is 54.6 cm³/mol. The third-order valence-corrected chi connectivity index (χ3v) is 4.33. The van der Waals surface area contributed by atoms with E-state index in [4.69, 9.17) is 0 Å². The van der Waals surface area contributed by atoms with Crippen molar-refractivity contribution in [2.45, 2.75) is 6.43 Å². The molecule has 0 unspecified atom stereocenters. The Labute approximate surface area is 94.0 Å². The summed E-state index contributed by atoms with van der Waals surface area (Å²) in [5, 5.41) is 0. The molecule has 66 valence electrons. The lowest BCUT2D eigenvalue weighted by atomic mass is 10.3. The molecule has 0 amide bonds. The van der Waals surface area contributed by atoms with Crippen molar-refractivity contribution in [2.75, 3.05) is 0 Å². The van der Waals surface area contributed by atoms with Gasteiger partial charge < -0.3 is 0 Å². The molecule has 0 radical (unpaired) electrons. The van der Waals surface area contributed by atoms with Crippen molar-refractivity contribution in [2.24, 2.45) is 0 Å². The zero-order chi connectivity index (χ0) is 9.30. The number of nitrogens with zero attached hydrogens (tertiary/aromatic N) is 1. The van der Waals surface area contributed by atoms with Gasteiger partial charge in [-0.1, -0.05) is 0 Å². The van der Waals surface area contributed by atoms with Gasteiger partial charge in [0, 0.05) is 0 Å². The Morgan fingerprint density at radius 1 is 1.25 bits per heavy atom. The van der Waals surface area contributed by atoms with Crippen LogP contribution in [0.3, 0.4) is 0 Å². The zero-order valence-corrected chi connectivity index (χ0v) is 9.81. The van der Waals surface area contributed by atoms with E-state index in [9.17, 15) is 13.2 Å². The van der Waals surface area contributed by atoms with E-state index >= 15 is 0 Å². The fraction of sp³-hybridized carbons (Fsp3) is 0.167. The molecule has 12 heavy (non-hydrogen) atoms. The average Bonchev–Trinajstić information content (AvgIpc) is 2.00. The topological polar surface area (TPSA) is 12.9 Å². The maximum Gasteiger partial charge on any atom is 0.281 e. The van der Waals surface area contributed by atoms with E-state index < -0.39 is 12.2 Å². The highest BCUT2D eigenvalue weighted by Gasteiger charge is 2.17. The van der Waals surface area contributed by atoms with E-state index in [2.05, 4.69) is 4.98 Å². The lowest BCUT2D eigenvalue weighted by molar-refractivity contribution is 0.144. The molecule has 0 fully saturated rings. The monoisotopic (exact) mass is 399 g/mol. The Balaban J connectivity index is 3.27. The Morgan fingerprint density at radius 3 is 2.33 bits per heavy atom. The fourth-order valence-corrected chi connectivity index (χ4v) is 1.66. The van der Waals surface area contributed by atoms with Crippen LogP contribution in [0.25, 0.3) is 0 Å². The Morgan fingerprint density at radius 2 is 1.83 bits per heavy atom. The molecule has 1 rings (SSSR count). The molecule has 0 bridgehead atoms. The summed E-state index contributed by atoms with van der Waals surface area (Å²) in [6, 6.07) is 0. The summed E-state index contributed by atoms with van der Waals surface area (Å²) in [6.45, 7) is 0. The van der Waals surface area contributed by atoms with Gasteiger partial charge in [0.1, 0.15) is 5.69 Å². The average molecular weight is 399 g/mol. The first-order chi connectivity index (χ1) is 5.54. The molecule has 0 saturated carbocycles. The molecule has 0 aliphatic carbocycles. The summed E-state index contributed by atoms with van der Waals surface area (Å²) in [6.07, 6.45) is -1.84. The standard InChI is InChI=1S/C6H2F3I2N/c7-2-1-12-5(6(8)9)4(11)3(2)10/h1,6H. The third kappa shape index (κ3) is 2.01. The van der Waals surface area contributed by atoms with Gasteiger partial charge in [-0.3, -0.25) is 4.98 Å². The molecule has 0 atom stereocenters. The first-order valence-corrected chi connectivity index (χ1v) is 4.97. The molecule has 1 heterocycles. The van der Waals surface area contributed by atoms with Gasteiger partial charge in [-0.25, -0.2) is 13.2 Å². The summed E-state index contributed by atoms with van der Waals surface area (Å²) < 4.78 is 37.4. The first kappa shape index (κ1) is 10.5. The van der Waals surface area contributed by atoms with Crippen LogP contribution >= 0.6 is 45.2 Å². The highest BCUT2D eigenvalue weighted by molar-refractivity contribution is 14.1. The Bertz CT molecular complexity index is 303. The number of hydrogen-bond acceptors (Lipinski definition) is 1. The van der Waals surface area contributed by atoms with Gasteiger partial charge in [0.05, 0.1) is 13.3 Å². The Kier molecular flexibility index (Phi) is 3.56. The van der Waals surface area contributed by atoms with Crippen molar-refractivity contribution in [1.82, 2.24) is 4.98 Å². The SMILES string of the molecule is Fc1cnc(C(F)F)c(I)c1I. The minimum absolute atomic E-state index is 0.184.